The number of aromatic nitrogens is 2. The molecule has 5 nitrogen and oxygen atoms in total. The van der Waals surface area contributed by atoms with Gasteiger partial charge in [0.25, 0.3) is 0 Å². The molecule has 0 atom stereocenters. The van der Waals surface area contributed by atoms with Crippen LogP contribution in [0.4, 0.5) is 23.5 Å². The third-order valence-electron chi connectivity index (χ3n) is 2.36. The van der Waals surface area contributed by atoms with Gasteiger partial charge in [-0.2, -0.15) is 5.10 Å². The first-order valence-corrected chi connectivity index (χ1v) is 5.66. The summed E-state index contributed by atoms with van der Waals surface area (Å²) >= 11 is 0. The Morgan fingerprint density at radius 3 is 2.67 bits per heavy atom. The van der Waals surface area contributed by atoms with E-state index in [0.29, 0.717) is 11.8 Å². The van der Waals surface area contributed by atoms with Gasteiger partial charge in [0.15, 0.2) is 0 Å². The smallest absolute Gasteiger partial charge is 0.405 e. The van der Waals surface area contributed by atoms with Crippen molar-refractivity contribution in [2.75, 3.05) is 5.73 Å². The Balaban J connectivity index is 2.33. The Labute approximate surface area is 116 Å². The van der Waals surface area contributed by atoms with Crippen LogP contribution < -0.4 is 10.5 Å². The second-order valence-electron chi connectivity index (χ2n) is 4.06. The first-order chi connectivity index (χ1) is 9.74. The lowest BCUT2D eigenvalue weighted by Gasteiger charge is -2.11. The summed E-state index contributed by atoms with van der Waals surface area (Å²) in [6, 6.07) is 2.73. The number of anilines is 1. The van der Waals surface area contributed by atoms with E-state index < -0.39 is 17.9 Å². The first-order valence-electron chi connectivity index (χ1n) is 5.66. The number of halogens is 4. The molecule has 0 saturated heterocycles. The Kier molecular flexibility index (Phi) is 3.83. The molecule has 0 saturated carbocycles. The van der Waals surface area contributed by atoms with Gasteiger partial charge in [-0.1, -0.05) is 0 Å². The molecule has 1 aromatic carbocycles. The SMILES string of the molecule is Cc1cn(N=Cc2ccc(F)cc2OC(F)(F)F)c(N)n1. The van der Waals surface area contributed by atoms with E-state index in [9.17, 15) is 17.6 Å². The third kappa shape index (κ3) is 3.94. The van der Waals surface area contributed by atoms with Crippen molar-refractivity contribution >= 4 is 12.2 Å². The predicted octanol–water partition coefficient (Wildman–Crippen LogP) is 2.69. The van der Waals surface area contributed by atoms with Crippen LogP contribution in [0.1, 0.15) is 11.3 Å². The molecule has 0 amide bonds. The highest BCUT2D eigenvalue weighted by Crippen LogP contribution is 2.26. The molecule has 112 valence electrons. The van der Waals surface area contributed by atoms with Gasteiger partial charge in [-0.05, 0) is 19.1 Å². The molecule has 1 aromatic heterocycles. The fourth-order valence-electron chi connectivity index (χ4n) is 1.55. The number of aryl methyl sites for hydroxylation is 1. The molecule has 9 heteroatoms. The maximum absolute atomic E-state index is 13.0. The number of benzene rings is 1. The number of nitrogens with zero attached hydrogens (tertiary/aromatic N) is 3. The number of nitrogen functional groups attached to an aromatic ring is 1. The molecule has 2 N–H and O–H groups in total. The average Bonchev–Trinajstić information content (AvgIpc) is 2.65. The van der Waals surface area contributed by atoms with Crippen molar-refractivity contribution in [2.24, 2.45) is 5.10 Å². The summed E-state index contributed by atoms with van der Waals surface area (Å²) in [4.78, 5) is 3.88. The zero-order chi connectivity index (χ0) is 15.6. The van der Waals surface area contributed by atoms with E-state index in [0.717, 1.165) is 18.3 Å². The van der Waals surface area contributed by atoms with E-state index in [2.05, 4.69) is 14.8 Å². The highest BCUT2D eigenvalue weighted by molar-refractivity contribution is 5.83. The topological polar surface area (TPSA) is 65.4 Å². The maximum Gasteiger partial charge on any atom is 0.573 e. The zero-order valence-electron chi connectivity index (χ0n) is 10.7. The second-order valence-corrected chi connectivity index (χ2v) is 4.06. The normalized spacial score (nSPS) is 12.0. The number of imidazole rings is 1. The van der Waals surface area contributed by atoms with Crippen molar-refractivity contribution in [1.29, 1.82) is 0 Å². The molecule has 0 bridgehead atoms. The van der Waals surface area contributed by atoms with Gasteiger partial charge in [0.1, 0.15) is 11.6 Å². The first kappa shape index (κ1) is 14.8. The van der Waals surface area contributed by atoms with Gasteiger partial charge < -0.3 is 10.5 Å². The Hall–Kier alpha value is -2.58. The van der Waals surface area contributed by atoms with Crippen LogP contribution in [0.5, 0.6) is 5.75 Å². The van der Waals surface area contributed by atoms with Crippen molar-refractivity contribution in [1.82, 2.24) is 9.66 Å². The molecule has 0 fully saturated rings. The van der Waals surface area contributed by atoms with Crippen molar-refractivity contribution in [2.45, 2.75) is 13.3 Å². The van der Waals surface area contributed by atoms with Gasteiger partial charge in [-0.3, -0.25) is 0 Å². The lowest BCUT2D eigenvalue weighted by Crippen LogP contribution is -2.18. The van der Waals surface area contributed by atoms with Crippen LogP contribution in [-0.2, 0) is 0 Å². The molecule has 0 unspecified atom stereocenters. The molecule has 1 heterocycles. The maximum atomic E-state index is 13.0. The summed E-state index contributed by atoms with van der Waals surface area (Å²) in [5, 5.41) is 3.85. The molecule has 2 aromatic rings. The summed E-state index contributed by atoms with van der Waals surface area (Å²) in [6.07, 6.45) is -2.38. The minimum Gasteiger partial charge on any atom is -0.405 e. The fourth-order valence-corrected chi connectivity index (χ4v) is 1.55. The van der Waals surface area contributed by atoms with Crippen LogP contribution in [0.15, 0.2) is 29.5 Å². The highest BCUT2D eigenvalue weighted by atomic mass is 19.4. The predicted molar refractivity (Wildman–Crippen MR) is 67.5 cm³/mol. The van der Waals surface area contributed by atoms with Gasteiger partial charge in [-0.15, -0.1) is 13.2 Å². The lowest BCUT2D eigenvalue weighted by molar-refractivity contribution is -0.274. The minimum atomic E-state index is -4.93. The third-order valence-corrected chi connectivity index (χ3v) is 2.36. The Bertz CT molecular complexity index is 678. The highest BCUT2D eigenvalue weighted by Gasteiger charge is 2.32. The average molecular weight is 302 g/mol. The van der Waals surface area contributed by atoms with E-state index in [1.807, 2.05) is 0 Å². The van der Waals surface area contributed by atoms with Crippen molar-refractivity contribution in [3.8, 4) is 5.75 Å². The number of hydrogen-bond acceptors (Lipinski definition) is 4. The van der Waals surface area contributed by atoms with E-state index in [4.69, 9.17) is 5.73 Å². The summed E-state index contributed by atoms with van der Waals surface area (Å²) in [7, 11) is 0. The van der Waals surface area contributed by atoms with Gasteiger partial charge in [0.05, 0.1) is 18.1 Å². The summed E-state index contributed by atoms with van der Waals surface area (Å²) in [5.74, 6) is -1.48. The number of rotatable bonds is 3. The van der Waals surface area contributed by atoms with E-state index in [1.165, 1.54) is 10.9 Å². The van der Waals surface area contributed by atoms with Crippen LogP contribution in [0.3, 0.4) is 0 Å². The van der Waals surface area contributed by atoms with Crippen LogP contribution in [0.2, 0.25) is 0 Å². The molecule has 0 aliphatic heterocycles. The Morgan fingerprint density at radius 1 is 1.38 bits per heavy atom. The fraction of sp³-hybridized carbons (Fsp3) is 0.167. The molecule has 0 aliphatic rings. The number of alkyl halides is 3. The quantitative estimate of drug-likeness (QED) is 0.700. The number of nitrogens with two attached hydrogens (primary N) is 1. The molecule has 0 radical (unpaired) electrons. The molecule has 21 heavy (non-hydrogen) atoms. The minimum absolute atomic E-state index is 0.0560. The number of hydrogen-bond donors (Lipinski definition) is 1. The molecule has 2 rings (SSSR count). The summed E-state index contributed by atoms with van der Waals surface area (Å²) < 4.78 is 54.7. The summed E-state index contributed by atoms with van der Waals surface area (Å²) in [6.45, 7) is 1.68. The summed E-state index contributed by atoms with van der Waals surface area (Å²) in [5.41, 5.74) is 6.07. The van der Waals surface area contributed by atoms with Gasteiger partial charge >= 0.3 is 6.36 Å². The zero-order valence-corrected chi connectivity index (χ0v) is 10.7. The lowest BCUT2D eigenvalue weighted by atomic mass is 10.2. The Morgan fingerprint density at radius 2 is 2.10 bits per heavy atom. The second kappa shape index (κ2) is 5.43. The van der Waals surface area contributed by atoms with Crippen LogP contribution in [-0.4, -0.2) is 22.2 Å². The van der Waals surface area contributed by atoms with E-state index in [1.54, 1.807) is 6.92 Å². The van der Waals surface area contributed by atoms with Crippen molar-refractivity contribution in [3.05, 3.63) is 41.5 Å². The van der Waals surface area contributed by atoms with Crippen LogP contribution in [0.25, 0.3) is 0 Å². The van der Waals surface area contributed by atoms with Crippen LogP contribution >= 0.6 is 0 Å². The standard InChI is InChI=1S/C12H10F4N4O/c1-7-6-20(11(17)19-7)18-5-8-2-3-9(13)4-10(8)21-12(14,15)16/h2-6H,1H3,(H2,17,19). The van der Waals surface area contributed by atoms with E-state index in [-0.39, 0.29) is 11.5 Å². The van der Waals surface area contributed by atoms with E-state index >= 15 is 0 Å². The van der Waals surface area contributed by atoms with Crippen molar-refractivity contribution in [3.63, 3.8) is 0 Å². The van der Waals surface area contributed by atoms with Gasteiger partial charge in [0, 0.05) is 11.6 Å². The largest absolute Gasteiger partial charge is 0.573 e. The monoisotopic (exact) mass is 302 g/mol. The molecular weight excluding hydrogens is 292 g/mol. The van der Waals surface area contributed by atoms with Gasteiger partial charge in [-0.25, -0.2) is 14.1 Å². The van der Waals surface area contributed by atoms with Gasteiger partial charge in [0.2, 0.25) is 5.95 Å². The van der Waals surface area contributed by atoms with Crippen LogP contribution in [0, 0.1) is 12.7 Å². The molecule has 0 aliphatic carbocycles. The molecule has 0 spiro atoms. The molecular formula is C12H10F4N4O. The number of ether oxygens (including phenoxy) is 1. The van der Waals surface area contributed by atoms with Crippen molar-refractivity contribution < 1.29 is 22.3 Å².